The zero-order valence-corrected chi connectivity index (χ0v) is 11.7. The molecule has 3 heterocycles. The van der Waals surface area contributed by atoms with Crippen molar-refractivity contribution in [1.29, 1.82) is 5.26 Å². The Labute approximate surface area is 122 Å². The molecule has 1 N–H and O–H groups in total. The van der Waals surface area contributed by atoms with E-state index in [1.807, 2.05) is 6.07 Å². The third-order valence-electron chi connectivity index (χ3n) is 5.00. The third kappa shape index (κ3) is 1.90. The molecule has 0 amide bonds. The second kappa shape index (κ2) is 4.32. The number of aromatic amines is 1. The first-order valence-electron chi connectivity index (χ1n) is 7.38. The summed E-state index contributed by atoms with van der Waals surface area (Å²) < 4.78 is 0. The van der Waals surface area contributed by atoms with Crippen molar-refractivity contribution in [2.24, 2.45) is 5.41 Å². The van der Waals surface area contributed by atoms with Gasteiger partial charge in [0.15, 0.2) is 0 Å². The number of anilines is 1. The van der Waals surface area contributed by atoms with E-state index >= 15 is 0 Å². The van der Waals surface area contributed by atoms with E-state index in [2.05, 4.69) is 20.9 Å². The highest BCUT2D eigenvalue weighted by Crippen LogP contribution is 2.54. The quantitative estimate of drug-likeness (QED) is 0.869. The molecule has 1 aliphatic carbocycles. The fraction of sp³-hybridized carbons (Fsp3) is 0.438. The van der Waals surface area contributed by atoms with Gasteiger partial charge in [-0.15, -0.1) is 0 Å². The number of fused-ring (bicyclic) bond motifs is 1. The number of pyridine rings is 2. The van der Waals surface area contributed by atoms with Crippen molar-refractivity contribution in [3.63, 3.8) is 0 Å². The van der Waals surface area contributed by atoms with Crippen molar-refractivity contribution >= 4 is 16.6 Å². The summed E-state index contributed by atoms with van der Waals surface area (Å²) in [5.74, 6) is 0. The summed E-state index contributed by atoms with van der Waals surface area (Å²) in [5, 5.41) is 10.3. The maximum atomic E-state index is 12.1. The van der Waals surface area contributed by atoms with E-state index in [0.29, 0.717) is 10.9 Å². The Balaban J connectivity index is 1.86. The number of rotatable bonds is 1. The van der Waals surface area contributed by atoms with Crippen LogP contribution in [0.1, 0.15) is 31.2 Å². The largest absolute Gasteiger partial charge is 0.370 e. The molecule has 2 fully saturated rings. The molecule has 1 spiro atoms. The number of aromatic nitrogens is 2. The van der Waals surface area contributed by atoms with Gasteiger partial charge < -0.3 is 9.88 Å². The molecule has 2 aliphatic rings. The molecule has 0 unspecified atom stereocenters. The molecule has 4 rings (SSSR count). The third-order valence-corrected chi connectivity index (χ3v) is 5.00. The molecule has 0 atom stereocenters. The van der Waals surface area contributed by atoms with Crippen molar-refractivity contribution in [2.45, 2.75) is 25.7 Å². The lowest BCUT2D eigenvalue weighted by Gasteiger charge is -2.34. The van der Waals surface area contributed by atoms with Crippen LogP contribution in [0.3, 0.4) is 0 Å². The van der Waals surface area contributed by atoms with Crippen LogP contribution in [0.25, 0.3) is 10.9 Å². The summed E-state index contributed by atoms with van der Waals surface area (Å²) >= 11 is 0. The normalized spacial score (nSPS) is 19.7. The van der Waals surface area contributed by atoms with Gasteiger partial charge in [-0.1, -0.05) is 0 Å². The summed E-state index contributed by atoms with van der Waals surface area (Å²) in [6, 6.07) is 3.96. The number of hydrogen-bond acceptors (Lipinski definition) is 4. The minimum Gasteiger partial charge on any atom is -0.370 e. The Morgan fingerprint density at radius 3 is 2.71 bits per heavy atom. The van der Waals surface area contributed by atoms with Crippen LogP contribution in [0, 0.1) is 16.7 Å². The summed E-state index contributed by atoms with van der Waals surface area (Å²) in [4.78, 5) is 21.2. The van der Waals surface area contributed by atoms with Gasteiger partial charge >= 0.3 is 0 Å². The van der Waals surface area contributed by atoms with Crippen LogP contribution < -0.4 is 10.5 Å². The summed E-state index contributed by atoms with van der Waals surface area (Å²) in [6.45, 7) is 1.85. The molecular formula is C16H16N4O. The average molecular weight is 280 g/mol. The molecule has 1 saturated carbocycles. The molecule has 2 aromatic rings. The molecule has 21 heavy (non-hydrogen) atoms. The Bertz CT molecular complexity index is 803. The first-order chi connectivity index (χ1) is 10.2. The molecule has 1 aliphatic heterocycles. The monoisotopic (exact) mass is 280 g/mol. The smallest absolute Gasteiger partial charge is 0.268 e. The number of nitriles is 1. The van der Waals surface area contributed by atoms with Gasteiger partial charge in [0.25, 0.3) is 5.56 Å². The van der Waals surface area contributed by atoms with Gasteiger partial charge in [-0.2, -0.15) is 5.26 Å². The summed E-state index contributed by atoms with van der Waals surface area (Å²) in [6.07, 6.45) is 8.36. The van der Waals surface area contributed by atoms with Crippen LogP contribution in [0.4, 0.5) is 5.69 Å². The van der Waals surface area contributed by atoms with Crippen LogP contribution in [-0.2, 0) is 0 Å². The lowest BCUT2D eigenvalue weighted by atomic mass is 9.93. The lowest BCUT2D eigenvalue weighted by molar-refractivity contribution is 0.385. The highest BCUT2D eigenvalue weighted by Gasteiger charge is 2.44. The average Bonchev–Trinajstić information content (AvgIpc) is 3.26. The number of H-pyrrole nitrogens is 1. The molecular weight excluding hydrogens is 264 g/mol. The van der Waals surface area contributed by atoms with Crippen molar-refractivity contribution in [3.8, 4) is 6.07 Å². The molecule has 0 bridgehead atoms. The number of piperidine rings is 1. The SMILES string of the molecule is N#Cc1c(N2CCC3(CC2)CC3)c2ccncc2[nH]c1=O. The maximum absolute atomic E-state index is 12.1. The zero-order chi connectivity index (χ0) is 14.4. The van der Waals surface area contributed by atoms with Crippen molar-refractivity contribution in [3.05, 3.63) is 34.4 Å². The van der Waals surface area contributed by atoms with Crippen molar-refractivity contribution in [1.82, 2.24) is 9.97 Å². The van der Waals surface area contributed by atoms with Gasteiger partial charge in [-0.25, -0.2) is 0 Å². The molecule has 5 heteroatoms. The van der Waals surface area contributed by atoms with Gasteiger partial charge in [0.2, 0.25) is 0 Å². The number of hydrogen-bond donors (Lipinski definition) is 1. The van der Waals surface area contributed by atoms with Gasteiger partial charge in [0.1, 0.15) is 11.6 Å². The second-order valence-corrected chi connectivity index (χ2v) is 6.20. The van der Waals surface area contributed by atoms with Crippen molar-refractivity contribution in [2.75, 3.05) is 18.0 Å². The first kappa shape index (κ1) is 12.4. The van der Waals surface area contributed by atoms with Gasteiger partial charge in [-0.05, 0) is 37.2 Å². The van der Waals surface area contributed by atoms with Crippen LogP contribution in [-0.4, -0.2) is 23.1 Å². The summed E-state index contributed by atoms with van der Waals surface area (Å²) in [5.41, 5.74) is 1.96. The van der Waals surface area contributed by atoms with Crippen molar-refractivity contribution < 1.29 is 0 Å². The van der Waals surface area contributed by atoms with E-state index < -0.39 is 0 Å². The fourth-order valence-electron chi connectivity index (χ4n) is 3.44. The molecule has 5 nitrogen and oxygen atoms in total. The summed E-state index contributed by atoms with van der Waals surface area (Å²) in [7, 11) is 0. The van der Waals surface area contributed by atoms with E-state index in [0.717, 1.165) is 37.0 Å². The predicted molar refractivity (Wildman–Crippen MR) is 80.2 cm³/mol. The topological polar surface area (TPSA) is 72.8 Å². The molecule has 106 valence electrons. The maximum Gasteiger partial charge on any atom is 0.268 e. The van der Waals surface area contributed by atoms with Crippen LogP contribution in [0.15, 0.2) is 23.3 Å². The van der Waals surface area contributed by atoms with E-state index in [9.17, 15) is 10.1 Å². The Hall–Kier alpha value is -2.35. The zero-order valence-electron chi connectivity index (χ0n) is 11.7. The standard InChI is InChI=1S/C16H16N4O/c17-9-12-14(20-7-4-16(2-3-16)5-8-20)11-1-6-18-10-13(11)19-15(12)21/h1,6,10H,2-5,7-8H2,(H,19,21). The van der Waals surface area contributed by atoms with E-state index in [1.54, 1.807) is 12.4 Å². The van der Waals surface area contributed by atoms with Gasteiger partial charge in [-0.3, -0.25) is 9.78 Å². The van der Waals surface area contributed by atoms with Crippen LogP contribution in [0.5, 0.6) is 0 Å². The molecule has 0 radical (unpaired) electrons. The molecule has 0 aromatic carbocycles. The van der Waals surface area contributed by atoms with Crippen LogP contribution in [0.2, 0.25) is 0 Å². The highest BCUT2D eigenvalue weighted by atomic mass is 16.1. The second-order valence-electron chi connectivity index (χ2n) is 6.20. The Morgan fingerprint density at radius 1 is 1.29 bits per heavy atom. The van der Waals surface area contributed by atoms with E-state index in [-0.39, 0.29) is 11.1 Å². The Kier molecular flexibility index (Phi) is 2.55. The van der Waals surface area contributed by atoms with E-state index in [4.69, 9.17) is 0 Å². The Morgan fingerprint density at radius 2 is 2.05 bits per heavy atom. The predicted octanol–water partition coefficient (Wildman–Crippen LogP) is 2.18. The van der Waals surface area contributed by atoms with Gasteiger partial charge in [0.05, 0.1) is 17.4 Å². The molecule has 2 aromatic heterocycles. The van der Waals surface area contributed by atoms with Crippen LogP contribution >= 0.6 is 0 Å². The first-order valence-corrected chi connectivity index (χ1v) is 7.38. The molecule has 1 saturated heterocycles. The highest BCUT2D eigenvalue weighted by molar-refractivity contribution is 5.93. The fourth-order valence-corrected chi connectivity index (χ4v) is 3.44. The minimum absolute atomic E-state index is 0.223. The van der Waals surface area contributed by atoms with Gasteiger partial charge in [0, 0.05) is 24.7 Å². The minimum atomic E-state index is -0.320. The number of nitrogens with zero attached hydrogens (tertiary/aromatic N) is 3. The van der Waals surface area contributed by atoms with E-state index in [1.165, 1.54) is 12.8 Å². The lowest BCUT2D eigenvalue weighted by Crippen LogP contribution is -2.36. The number of nitrogens with one attached hydrogen (secondary N) is 1.